The van der Waals surface area contributed by atoms with Crippen LogP contribution in [0.3, 0.4) is 0 Å². The van der Waals surface area contributed by atoms with Crippen molar-refractivity contribution in [3.63, 3.8) is 0 Å². The second-order valence-electron chi connectivity index (χ2n) is 13.1. The van der Waals surface area contributed by atoms with Crippen molar-refractivity contribution in [1.82, 2.24) is 0 Å². The fourth-order valence-corrected chi connectivity index (χ4v) is 7.68. The lowest BCUT2D eigenvalue weighted by molar-refractivity contribution is 0.669. The van der Waals surface area contributed by atoms with E-state index >= 15 is 0 Å². The smallest absolute Gasteiger partial charge is 0.135 e. The van der Waals surface area contributed by atoms with Crippen molar-refractivity contribution in [1.29, 1.82) is 0 Å². The van der Waals surface area contributed by atoms with Gasteiger partial charge in [-0.25, -0.2) is 0 Å². The van der Waals surface area contributed by atoms with Crippen LogP contribution in [0.1, 0.15) is 42.5 Å². The molecule has 0 N–H and O–H groups in total. The van der Waals surface area contributed by atoms with E-state index < -0.39 is 313 Å². The Morgan fingerprint density at radius 2 is 0.825 bits per heavy atom. The molecule has 13 aromatic rings. The quantitative estimate of drug-likeness (QED) is 0.163. The van der Waals surface area contributed by atoms with E-state index in [9.17, 15) is 21.9 Å². The van der Waals surface area contributed by atoms with Gasteiger partial charge in [-0.1, -0.05) is 163 Å². The number of furan rings is 1. The summed E-state index contributed by atoms with van der Waals surface area (Å²) in [5.74, 6) is 0. The molecule has 0 atom stereocenters. The van der Waals surface area contributed by atoms with Gasteiger partial charge >= 0.3 is 0 Å². The monoisotopic (exact) mass is 751 g/mol. The van der Waals surface area contributed by atoms with Crippen LogP contribution in [-0.2, 0) is 0 Å². The van der Waals surface area contributed by atoms with Crippen LogP contribution in [0, 0.1) is 0 Å². The normalized spacial score (nSPS) is 19.8. The van der Waals surface area contributed by atoms with Crippen molar-refractivity contribution in [2.45, 2.75) is 0 Å². The topological polar surface area (TPSA) is 13.1 Å². The van der Waals surface area contributed by atoms with Crippen molar-refractivity contribution in [2.24, 2.45) is 0 Å². The van der Waals surface area contributed by atoms with Crippen molar-refractivity contribution in [3.05, 3.63) is 193 Å². The first kappa shape index (κ1) is 13.6. The molecule has 0 bridgehead atoms. The van der Waals surface area contributed by atoms with Crippen LogP contribution >= 0.6 is 0 Å². The van der Waals surface area contributed by atoms with Crippen LogP contribution in [0.2, 0.25) is 0 Å². The Bertz CT molecular complexity index is 5490. The molecule has 0 radical (unpaired) electrons. The maximum Gasteiger partial charge on any atom is 0.135 e. The Labute approximate surface area is 371 Å². The van der Waals surface area contributed by atoms with E-state index in [0.717, 1.165) is 6.07 Å². The molecule has 1 heteroatoms. The van der Waals surface area contributed by atoms with E-state index in [1.165, 1.54) is 0 Å². The fraction of sp³-hybridized carbons (Fsp3) is 0. The van der Waals surface area contributed by atoms with Gasteiger partial charge in [0.25, 0.3) is 0 Å². The first-order valence-corrected chi connectivity index (χ1v) is 17.2. The molecule has 0 fully saturated rings. The number of hydrogen-bond donors (Lipinski definition) is 0. The van der Waals surface area contributed by atoms with Gasteiger partial charge in [-0.3, -0.25) is 0 Å². The summed E-state index contributed by atoms with van der Waals surface area (Å²) in [6, 6.07) is -27.8. The molecule has 13 rings (SSSR count). The van der Waals surface area contributed by atoms with E-state index in [-0.39, 0.29) is 5.39 Å². The van der Waals surface area contributed by atoms with E-state index in [2.05, 4.69) is 0 Å². The van der Waals surface area contributed by atoms with Crippen molar-refractivity contribution in [3.8, 4) is 44.5 Å². The fourth-order valence-electron chi connectivity index (χ4n) is 7.68. The van der Waals surface area contributed by atoms with Gasteiger partial charge in [0.05, 0.1) is 42.5 Å². The predicted molar refractivity (Wildman–Crippen MR) is 243 cm³/mol. The zero-order valence-corrected chi connectivity index (χ0v) is 28.5. The first-order valence-electron chi connectivity index (χ1n) is 32.7. The van der Waals surface area contributed by atoms with Crippen molar-refractivity contribution in [2.75, 3.05) is 0 Å². The Kier molecular flexibility index (Phi) is 2.75. The number of hydrogen-bond acceptors (Lipinski definition) is 1. The molecule has 0 saturated carbocycles. The SMILES string of the molecule is [2H]c1c([2H])c([2H])c(-c2c(-c3cc4c(oc5c([2H])c([2H])c([2H])c([2H])c54)c([2H])c3[2H])c([2H])c(-c3c([2H])c([2H])c4c([2H])c([2H])c5c([2H])c([2H])c([2H])c6c([2H])c([2H])c3c4c56)c([2H])c2-c2c([2H])c([2H])c3c([2H])c([2H])c4c([2H])c([2H])c([2H])c5c([2H])c([2H])c2c3c45)c([2H])c1[2H]. The summed E-state index contributed by atoms with van der Waals surface area (Å²) in [4.78, 5) is 0. The van der Waals surface area contributed by atoms with Gasteiger partial charge < -0.3 is 4.42 Å². The van der Waals surface area contributed by atoms with Gasteiger partial charge in [0.2, 0.25) is 0 Å². The molecule has 1 nitrogen and oxygen atoms in total. The second-order valence-corrected chi connectivity index (χ2v) is 13.1. The molecule has 0 aliphatic rings. The van der Waals surface area contributed by atoms with Crippen LogP contribution in [0.4, 0.5) is 0 Å². The van der Waals surface area contributed by atoms with Crippen LogP contribution in [0.25, 0.3) is 131 Å². The van der Waals surface area contributed by atoms with Crippen LogP contribution in [-0.4, -0.2) is 0 Å². The van der Waals surface area contributed by atoms with Crippen LogP contribution < -0.4 is 0 Å². The summed E-state index contributed by atoms with van der Waals surface area (Å²) in [5, 5.41) is -7.17. The molecule has 262 valence electrons. The molecule has 57 heavy (non-hydrogen) atoms. The van der Waals surface area contributed by atoms with Crippen molar-refractivity contribution >= 4 is 86.6 Å². The lowest BCUT2D eigenvalue weighted by Gasteiger charge is -2.22. The summed E-state index contributed by atoms with van der Waals surface area (Å²) >= 11 is 0. The zero-order chi connectivity index (χ0) is 64.2. The van der Waals surface area contributed by atoms with Crippen LogP contribution in [0.5, 0.6) is 0 Å². The second kappa shape index (κ2) is 11.5. The molecule has 0 aliphatic carbocycles. The van der Waals surface area contributed by atoms with Gasteiger partial charge in [-0.2, -0.15) is 0 Å². The summed E-state index contributed by atoms with van der Waals surface area (Å²) in [6.45, 7) is 0. The van der Waals surface area contributed by atoms with Gasteiger partial charge in [-0.05, 0) is 139 Å². The molecule has 0 amide bonds. The molecule has 0 unspecified atom stereocenters. The summed E-state index contributed by atoms with van der Waals surface area (Å²) in [6.07, 6.45) is 0. The average Bonchev–Trinajstić information content (AvgIpc) is 0.814. The van der Waals surface area contributed by atoms with Gasteiger partial charge in [0.1, 0.15) is 11.2 Å². The largest absolute Gasteiger partial charge is 0.456 e. The summed E-state index contributed by atoms with van der Waals surface area (Å²) in [7, 11) is 0. The van der Waals surface area contributed by atoms with E-state index in [4.69, 9.17) is 25.0 Å². The highest BCUT2D eigenvalue weighted by Crippen LogP contribution is 2.49. The van der Waals surface area contributed by atoms with Gasteiger partial charge in [0, 0.05) is 10.8 Å². The van der Waals surface area contributed by atoms with E-state index in [1.54, 1.807) is 0 Å². The lowest BCUT2D eigenvalue weighted by Crippen LogP contribution is -1.95. The molecule has 1 aromatic heterocycles. The van der Waals surface area contributed by atoms with Crippen LogP contribution in [0.15, 0.2) is 198 Å². The zero-order valence-electron chi connectivity index (χ0n) is 59.5. The highest BCUT2D eigenvalue weighted by atomic mass is 16.3. The minimum absolute atomic E-state index is 0.363. The maximum atomic E-state index is 10.7. The highest BCUT2D eigenvalue weighted by molar-refractivity contribution is 6.27. The number of rotatable bonds is 4. The van der Waals surface area contributed by atoms with Gasteiger partial charge in [0.15, 0.2) is 0 Å². The minimum Gasteiger partial charge on any atom is -0.456 e. The molecule has 0 aliphatic heterocycles. The maximum absolute atomic E-state index is 10.7. The first-order chi connectivity index (χ1) is 41.2. The third-order valence-electron chi connectivity index (χ3n) is 10.1. The standard InChI is InChI=1S/C56H32O/c1-2-8-33(9-3-1)54-47(40-24-29-51-48(30-40)44-14-4-5-15-50(44)57-51)31-41(42-25-20-38-18-16-34-10-6-12-36-22-27-45(42)55(38)52(34)36)32-49(54)43-26-21-39-19-17-35-11-7-13-37-23-28-46(43)56(39)53(35)37/h1-32H/i1D,2D,3D,4D,5D,6D,7D,8D,9D,10D,11D,12D,13D,14D,15D,16D,17D,18D,19D,20D,21D,22D,23D,24D,25D,26D,27D,28D,29D,31D,32D. The van der Waals surface area contributed by atoms with Gasteiger partial charge in [-0.15, -0.1) is 0 Å². The molecular weight excluding hydrogens is 689 g/mol. The number of para-hydroxylation sites is 1. The molecule has 0 spiro atoms. The molecule has 1 heterocycles. The Balaban J connectivity index is 1.40. The summed E-state index contributed by atoms with van der Waals surface area (Å²) in [5.41, 5.74) is -8.28. The highest BCUT2D eigenvalue weighted by Gasteiger charge is 2.22. The minimum atomic E-state index is -1.20. The third kappa shape index (κ3) is 4.40. The third-order valence-corrected chi connectivity index (χ3v) is 10.1. The van der Waals surface area contributed by atoms with E-state index in [0.29, 0.717) is 0 Å². The number of fused-ring (bicyclic) bond motifs is 3. The Hall–Kier alpha value is -7.48. The molecule has 0 saturated heterocycles. The predicted octanol–water partition coefficient (Wildman–Crippen LogP) is 16.0. The Morgan fingerprint density at radius 3 is 1.51 bits per heavy atom. The van der Waals surface area contributed by atoms with Crippen molar-refractivity contribution < 1.29 is 46.9 Å². The average molecular weight is 752 g/mol. The molecule has 12 aromatic carbocycles. The Morgan fingerprint density at radius 1 is 0.298 bits per heavy atom. The lowest BCUT2D eigenvalue weighted by atomic mass is 9.81. The number of benzene rings is 12. The van der Waals surface area contributed by atoms with E-state index in [1.807, 2.05) is 0 Å². The molecular formula is C56H32O. The summed E-state index contributed by atoms with van der Waals surface area (Å²) < 4.78 is 295.